The van der Waals surface area contributed by atoms with Crippen LogP contribution in [0.3, 0.4) is 0 Å². The van der Waals surface area contributed by atoms with Crippen molar-refractivity contribution in [1.29, 1.82) is 0 Å². The Balaban J connectivity index is 1.25. The maximum Gasteiger partial charge on any atom is 0.636 e. The third-order valence-corrected chi connectivity index (χ3v) is 6.72. The molecule has 1 saturated heterocycles. The average Bonchev–Trinajstić information content (AvgIpc) is 3.22. The Bertz CT molecular complexity index is 1020. The second-order valence-electron chi connectivity index (χ2n) is 9.40. The van der Waals surface area contributed by atoms with Crippen LogP contribution in [0.1, 0.15) is 55.8 Å². The quantitative estimate of drug-likeness (QED) is 0.631. The molecule has 7 nitrogen and oxygen atoms in total. The first-order valence-corrected chi connectivity index (χ1v) is 12.2. The van der Waals surface area contributed by atoms with E-state index in [9.17, 15) is 9.59 Å². The van der Waals surface area contributed by atoms with E-state index in [1.807, 2.05) is 12.1 Å². The van der Waals surface area contributed by atoms with Crippen LogP contribution in [0.15, 0.2) is 42.5 Å². The van der Waals surface area contributed by atoms with Gasteiger partial charge in [-0.2, -0.15) is 0 Å². The summed E-state index contributed by atoms with van der Waals surface area (Å²) in [5.74, 6) is 0.844. The first-order valence-electron chi connectivity index (χ1n) is 12.2. The van der Waals surface area contributed by atoms with E-state index >= 15 is 0 Å². The van der Waals surface area contributed by atoms with Crippen molar-refractivity contribution >= 4 is 24.5 Å². The molecule has 2 aromatic rings. The summed E-state index contributed by atoms with van der Waals surface area (Å²) >= 11 is 0. The second kappa shape index (κ2) is 10.1. The average molecular weight is 463 g/mol. The number of hydrogen-bond donors (Lipinski definition) is 0. The van der Waals surface area contributed by atoms with Gasteiger partial charge in [0.2, 0.25) is 0 Å². The third kappa shape index (κ3) is 5.22. The van der Waals surface area contributed by atoms with Gasteiger partial charge in [0, 0.05) is 11.0 Å². The van der Waals surface area contributed by atoms with E-state index < -0.39 is 19.1 Å². The summed E-state index contributed by atoms with van der Waals surface area (Å²) in [6.45, 7) is 0.0840. The smallest absolute Gasteiger partial charge is 0.494 e. The summed E-state index contributed by atoms with van der Waals surface area (Å²) in [7, 11) is 0.621. The van der Waals surface area contributed by atoms with Crippen molar-refractivity contribution in [2.75, 3.05) is 20.1 Å². The fraction of sp³-hybridized carbons (Fsp3) is 0.462. The Labute approximate surface area is 200 Å². The molecule has 2 fully saturated rings. The number of likely N-dealkylation sites (N-methyl/N-ethyl adjacent to an activating group) is 1. The van der Waals surface area contributed by atoms with Crippen molar-refractivity contribution in [2.45, 2.75) is 57.2 Å². The van der Waals surface area contributed by atoms with Gasteiger partial charge in [-0.3, -0.25) is 14.5 Å². The van der Waals surface area contributed by atoms with Gasteiger partial charge in [-0.15, -0.1) is 0 Å². The molecule has 1 saturated carbocycles. The minimum Gasteiger partial charge on any atom is -0.494 e. The highest BCUT2D eigenvalue weighted by atomic mass is 16.6. The van der Waals surface area contributed by atoms with E-state index in [0.29, 0.717) is 17.3 Å². The fourth-order valence-electron chi connectivity index (χ4n) is 5.02. The molecule has 8 heteroatoms. The third-order valence-electron chi connectivity index (χ3n) is 6.72. The number of carbonyl (C=O) groups is 2. The molecule has 3 aliphatic rings. The summed E-state index contributed by atoms with van der Waals surface area (Å²) < 4.78 is 23.4. The number of hydrogen-bond acceptors (Lipinski definition) is 7. The number of nitrogens with zero attached hydrogens (tertiary/aromatic N) is 1. The number of rotatable bonds is 5. The Hall–Kier alpha value is -3.00. The van der Waals surface area contributed by atoms with Gasteiger partial charge in [-0.1, -0.05) is 30.7 Å². The molecule has 0 bridgehead atoms. The van der Waals surface area contributed by atoms with E-state index in [1.54, 1.807) is 24.1 Å². The van der Waals surface area contributed by atoms with Crippen LogP contribution in [0.5, 0.6) is 11.5 Å². The molecule has 178 valence electrons. The normalized spacial score (nSPS) is 21.8. The van der Waals surface area contributed by atoms with Crippen LogP contribution in [0, 0.1) is 0 Å². The molecule has 0 radical (unpaired) electrons. The molecule has 0 amide bonds. The zero-order chi connectivity index (χ0) is 23.5. The Morgan fingerprint density at radius 3 is 2.29 bits per heavy atom. The van der Waals surface area contributed by atoms with Gasteiger partial charge < -0.3 is 18.8 Å². The van der Waals surface area contributed by atoms with E-state index in [4.69, 9.17) is 18.8 Å². The molecular formula is C26H30BNO6. The van der Waals surface area contributed by atoms with Crippen molar-refractivity contribution in [3.05, 3.63) is 53.6 Å². The minimum absolute atomic E-state index is 0.0386. The zero-order valence-electron chi connectivity index (χ0n) is 19.5. The molecule has 0 aromatic heterocycles. The summed E-state index contributed by atoms with van der Waals surface area (Å²) in [5.41, 5.74) is 3.03. The van der Waals surface area contributed by atoms with Gasteiger partial charge in [-0.25, -0.2) is 0 Å². The van der Waals surface area contributed by atoms with Crippen LogP contribution >= 0.6 is 0 Å². The number of ether oxygens (including phenoxy) is 2. The molecule has 0 spiro atoms. The van der Waals surface area contributed by atoms with Crippen molar-refractivity contribution in [3.8, 4) is 11.5 Å². The SMILES string of the molecule is CN1CC(=O)OB(c2ccc(OC3CCc4c(OC5CCCCC5)cccc43)cc2)OC(=O)C1. The molecule has 2 aromatic carbocycles. The molecule has 5 rings (SSSR count). The Kier molecular flexibility index (Phi) is 6.76. The lowest BCUT2D eigenvalue weighted by atomic mass is 9.78. The Morgan fingerprint density at radius 1 is 0.882 bits per heavy atom. The van der Waals surface area contributed by atoms with Gasteiger partial charge in [0.05, 0.1) is 19.2 Å². The summed E-state index contributed by atoms with van der Waals surface area (Å²) in [4.78, 5) is 25.6. The lowest BCUT2D eigenvalue weighted by Crippen LogP contribution is -2.47. The lowest BCUT2D eigenvalue weighted by molar-refractivity contribution is -0.145. The van der Waals surface area contributed by atoms with Crippen LogP contribution < -0.4 is 14.9 Å². The van der Waals surface area contributed by atoms with Gasteiger partial charge in [0.15, 0.2) is 0 Å². The van der Waals surface area contributed by atoms with E-state index in [0.717, 1.165) is 31.4 Å². The minimum atomic E-state index is -1.05. The largest absolute Gasteiger partial charge is 0.636 e. The van der Waals surface area contributed by atoms with E-state index in [2.05, 4.69) is 18.2 Å². The highest BCUT2D eigenvalue weighted by Gasteiger charge is 2.34. The van der Waals surface area contributed by atoms with Crippen LogP contribution in [-0.2, 0) is 25.3 Å². The second-order valence-corrected chi connectivity index (χ2v) is 9.40. The highest BCUT2D eigenvalue weighted by Crippen LogP contribution is 2.40. The van der Waals surface area contributed by atoms with E-state index in [-0.39, 0.29) is 19.2 Å². The molecular weight excluding hydrogens is 433 g/mol. The highest BCUT2D eigenvalue weighted by molar-refractivity contribution is 6.64. The first kappa shape index (κ1) is 22.8. The molecule has 1 atom stereocenters. The van der Waals surface area contributed by atoms with Crippen molar-refractivity contribution in [2.24, 2.45) is 0 Å². The topological polar surface area (TPSA) is 74.3 Å². The molecule has 2 aliphatic carbocycles. The van der Waals surface area contributed by atoms with Crippen molar-refractivity contribution < 1.29 is 28.4 Å². The molecule has 1 heterocycles. The van der Waals surface area contributed by atoms with E-state index in [1.165, 1.54) is 30.4 Å². The molecule has 34 heavy (non-hydrogen) atoms. The predicted octanol–water partition coefficient (Wildman–Crippen LogP) is 3.19. The van der Waals surface area contributed by atoms with Crippen molar-refractivity contribution in [3.63, 3.8) is 0 Å². The van der Waals surface area contributed by atoms with Crippen LogP contribution in [-0.4, -0.2) is 50.2 Å². The lowest BCUT2D eigenvalue weighted by Gasteiger charge is -2.24. The maximum absolute atomic E-state index is 12.0. The summed E-state index contributed by atoms with van der Waals surface area (Å²) in [6, 6.07) is 13.4. The molecule has 1 unspecified atom stereocenters. The standard InChI is InChI=1S/C26H30BNO6/c1-28-16-25(29)33-27(34-26(30)17-28)18-10-12-20(13-11-18)32-24-15-14-22-21(24)8-5-9-23(22)31-19-6-3-2-4-7-19/h5,8-13,19,24H,2-4,6-7,14-17H2,1H3. The monoisotopic (exact) mass is 463 g/mol. The fourth-order valence-corrected chi connectivity index (χ4v) is 5.02. The number of carbonyl (C=O) groups excluding carboxylic acids is 2. The van der Waals surface area contributed by atoms with Crippen LogP contribution in [0.2, 0.25) is 0 Å². The zero-order valence-corrected chi connectivity index (χ0v) is 19.5. The number of fused-ring (bicyclic) bond motifs is 1. The van der Waals surface area contributed by atoms with Gasteiger partial charge in [0.1, 0.15) is 17.6 Å². The molecule has 1 aliphatic heterocycles. The van der Waals surface area contributed by atoms with Gasteiger partial charge in [-0.05, 0) is 69.3 Å². The predicted molar refractivity (Wildman–Crippen MR) is 127 cm³/mol. The Morgan fingerprint density at radius 2 is 1.59 bits per heavy atom. The van der Waals surface area contributed by atoms with Crippen LogP contribution in [0.4, 0.5) is 0 Å². The first-order chi connectivity index (χ1) is 16.5. The van der Waals surface area contributed by atoms with Crippen LogP contribution in [0.25, 0.3) is 0 Å². The van der Waals surface area contributed by atoms with Crippen molar-refractivity contribution in [1.82, 2.24) is 4.90 Å². The summed E-state index contributed by atoms with van der Waals surface area (Å²) in [5, 5.41) is 0. The number of benzene rings is 2. The summed E-state index contributed by atoms with van der Waals surface area (Å²) in [6.07, 6.45) is 8.20. The molecule has 0 N–H and O–H groups in total. The maximum atomic E-state index is 12.0. The van der Waals surface area contributed by atoms with Gasteiger partial charge >= 0.3 is 19.1 Å². The van der Waals surface area contributed by atoms with Gasteiger partial charge in [0.25, 0.3) is 0 Å².